The number of allylic oxidation sites excluding steroid dienone is 2. The topological polar surface area (TPSA) is 62.9 Å². The summed E-state index contributed by atoms with van der Waals surface area (Å²) in [7, 11) is 0. The zero-order valence-corrected chi connectivity index (χ0v) is 16.7. The molecule has 6 rings (SSSR count). The third kappa shape index (κ3) is 2.31. The van der Waals surface area contributed by atoms with E-state index in [2.05, 4.69) is 17.3 Å². The molecule has 2 heterocycles. The van der Waals surface area contributed by atoms with Gasteiger partial charge in [0.05, 0.1) is 28.1 Å². The molecule has 2 saturated carbocycles. The molecule has 3 aliphatic carbocycles. The molecule has 146 valence electrons. The zero-order chi connectivity index (χ0) is 19.9. The van der Waals surface area contributed by atoms with Gasteiger partial charge in [-0.1, -0.05) is 35.4 Å². The number of fused-ring (bicyclic) bond motifs is 3. The molecule has 0 radical (unpaired) electrons. The first-order valence-electron chi connectivity index (χ1n) is 9.65. The van der Waals surface area contributed by atoms with Gasteiger partial charge in [0, 0.05) is 5.56 Å². The van der Waals surface area contributed by atoms with Crippen LogP contribution in [0, 0.1) is 29.1 Å². The van der Waals surface area contributed by atoms with E-state index in [-0.39, 0.29) is 40.9 Å². The maximum absolute atomic E-state index is 12.9. The van der Waals surface area contributed by atoms with Crippen LogP contribution in [0.5, 0.6) is 0 Å². The lowest BCUT2D eigenvalue weighted by molar-refractivity contribution is -0.141. The summed E-state index contributed by atoms with van der Waals surface area (Å²) in [5.41, 5.74) is 0.964. The molecule has 1 spiro atoms. The van der Waals surface area contributed by atoms with Gasteiger partial charge >= 0.3 is 0 Å². The van der Waals surface area contributed by atoms with Crippen LogP contribution in [0.15, 0.2) is 52.0 Å². The van der Waals surface area contributed by atoms with Crippen molar-refractivity contribution in [1.29, 1.82) is 0 Å². The fourth-order valence-electron chi connectivity index (χ4n) is 5.52. The summed E-state index contributed by atoms with van der Waals surface area (Å²) in [4.78, 5) is 25.8. The van der Waals surface area contributed by atoms with Crippen LogP contribution in [0.25, 0.3) is 11.3 Å². The minimum absolute atomic E-state index is 0.185. The summed E-state index contributed by atoms with van der Waals surface area (Å²) in [6, 6.07) is 8.74. The van der Waals surface area contributed by atoms with E-state index in [9.17, 15) is 9.59 Å². The second-order valence-electron chi connectivity index (χ2n) is 8.28. The monoisotopic (exact) mass is 426 g/mol. The number of nitrogens with zero attached hydrogens (tertiary/aromatic N) is 2. The largest absolute Gasteiger partial charge is 0.455 e. The Kier molecular flexibility index (Phi) is 3.52. The van der Waals surface area contributed by atoms with Gasteiger partial charge < -0.3 is 4.42 Å². The van der Waals surface area contributed by atoms with Crippen LogP contribution >= 0.6 is 23.2 Å². The molecule has 1 saturated heterocycles. The number of halogens is 2. The first-order chi connectivity index (χ1) is 14.0. The number of hydrogen-bond acceptors (Lipinski definition) is 4. The average molecular weight is 427 g/mol. The van der Waals surface area contributed by atoms with E-state index in [1.807, 2.05) is 0 Å². The molecule has 1 aromatic carbocycles. The SMILES string of the molecule is O=C1[C@H]2[C@H](C(=O)N1/N=C\c1ccc(-c3ccc(Cl)c(Cl)c3)o1)[C@H]1C=C[C@H]2C12CC2. The van der Waals surface area contributed by atoms with Crippen molar-refractivity contribution < 1.29 is 14.0 Å². The lowest BCUT2D eigenvalue weighted by Gasteiger charge is -2.18. The van der Waals surface area contributed by atoms with Crippen molar-refractivity contribution in [1.82, 2.24) is 5.01 Å². The van der Waals surface area contributed by atoms with E-state index in [0.717, 1.165) is 23.4 Å². The highest BCUT2D eigenvalue weighted by molar-refractivity contribution is 6.42. The Labute approximate surface area is 177 Å². The molecule has 2 amide bonds. The Hall–Kier alpha value is -2.37. The Morgan fingerprint density at radius 3 is 2.31 bits per heavy atom. The smallest absolute Gasteiger partial charge is 0.254 e. The molecular weight excluding hydrogens is 411 g/mol. The number of imide groups is 1. The lowest BCUT2D eigenvalue weighted by atomic mass is 9.85. The molecule has 7 heteroatoms. The summed E-state index contributed by atoms with van der Waals surface area (Å²) < 4.78 is 5.77. The fourth-order valence-corrected chi connectivity index (χ4v) is 5.82. The third-order valence-corrected chi connectivity index (χ3v) is 7.70. The van der Waals surface area contributed by atoms with E-state index >= 15 is 0 Å². The van der Waals surface area contributed by atoms with Gasteiger partial charge in [-0.2, -0.15) is 10.1 Å². The minimum Gasteiger partial charge on any atom is -0.455 e. The van der Waals surface area contributed by atoms with E-state index in [1.54, 1.807) is 30.3 Å². The van der Waals surface area contributed by atoms with Crippen molar-refractivity contribution >= 4 is 41.2 Å². The van der Waals surface area contributed by atoms with Crippen molar-refractivity contribution in [2.24, 2.45) is 34.2 Å². The predicted molar refractivity (Wildman–Crippen MR) is 108 cm³/mol. The molecule has 5 nitrogen and oxygen atoms in total. The fraction of sp³-hybridized carbons (Fsp3) is 0.318. The highest BCUT2D eigenvalue weighted by Crippen LogP contribution is 2.73. The molecule has 4 aliphatic rings. The Balaban J connectivity index is 1.24. The van der Waals surface area contributed by atoms with Crippen LogP contribution in [0.3, 0.4) is 0 Å². The van der Waals surface area contributed by atoms with E-state index in [4.69, 9.17) is 27.6 Å². The maximum atomic E-state index is 12.9. The average Bonchev–Trinajstić information content (AvgIpc) is 2.99. The molecule has 29 heavy (non-hydrogen) atoms. The second-order valence-corrected chi connectivity index (χ2v) is 9.10. The summed E-state index contributed by atoms with van der Waals surface area (Å²) in [6.45, 7) is 0. The quantitative estimate of drug-likeness (QED) is 0.402. The summed E-state index contributed by atoms with van der Waals surface area (Å²) in [5, 5.41) is 6.13. The number of furan rings is 1. The molecule has 2 bridgehead atoms. The van der Waals surface area contributed by atoms with Crippen molar-refractivity contribution in [3.05, 3.63) is 58.3 Å². The number of hydrogen-bond donors (Lipinski definition) is 0. The van der Waals surface area contributed by atoms with Gasteiger partial charge in [0.25, 0.3) is 11.8 Å². The molecule has 2 aromatic rings. The summed E-state index contributed by atoms with van der Waals surface area (Å²) in [6.07, 6.45) is 7.95. The maximum Gasteiger partial charge on any atom is 0.254 e. The number of benzene rings is 1. The minimum atomic E-state index is -0.250. The third-order valence-electron chi connectivity index (χ3n) is 6.96. The van der Waals surface area contributed by atoms with Gasteiger partial charge in [0.2, 0.25) is 0 Å². The molecule has 0 unspecified atom stereocenters. The van der Waals surface area contributed by atoms with Gasteiger partial charge in [-0.25, -0.2) is 0 Å². The molecule has 3 fully saturated rings. The highest BCUT2D eigenvalue weighted by Gasteiger charge is 2.73. The molecule has 4 atom stereocenters. The van der Waals surface area contributed by atoms with Crippen LogP contribution in [0.1, 0.15) is 18.6 Å². The van der Waals surface area contributed by atoms with Crippen LogP contribution in [-0.4, -0.2) is 23.0 Å². The van der Waals surface area contributed by atoms with Crippen LogP contribution in [0.4, 0.5) is 0 Å². The number of hydrazone groups is 1. The number of amides is 2. The molecule has 1 aliphatic heterocycles. The Bertz CT molecular complexity index is 1100. The van der Waals surface area contributed by atoms with Gasteiger partial charge in [-0.05, 0) is 60.4 Å². The van der Waals surface area contributed by atoms with Gasteiger partial charge in [0.15, 0.2) is 0 Å². The second kappa shape index (κ2) is 5.83. The first kappa shape index (κ1) is 17.5. The Morgan fingerprint density at radius 2 is 1.69 bits per heavy atom. The number of carbonyl (C=O) groups excluding carboxylic acids is 2. The van der Waals surface area contributed by atoms with Gasteiger partial charge in [0.1, 0.15) is 11.5 Å². The first-order valence-corrected chi connectivity index (χ1v) is 10.4. The van der Waals surface area contributed by atoms with Crippen LogP contribution in [0.2, 0.25) is 10.0 Å². The lowest BCUT2D eigenvalue weighted by Crippen LogP contribution is -2.30. The van der Waals surface area contributed by atoms with Crippen molar-refractivity contribution in [3.8, 4) is 11.3 Å². The van der Waals surface area contributed by atoms with Crippen molar-refractivity contribution in [2.45, 2.75) is 12.8 Å². The van der Waals surface area contributed by atoms with Crippen molar-refractivity contribution in [2.75, 3.05) is 0 Å². The summed E-state index contributed by atoms with van der Waals surface area (Å²) >= 11 is 12.0. The normalized spacial score (nSPS) is 30.9. The van der Waals surface area contributed by atoms with Gasteiger partial charge in [-0.3, -0.25) is 9.59 Å². The predicted octanol–water partition coefficient (Wildman–Crippen LogP) is 4.78. The highest BCUT2D eigenvalue weighted by atomic mass is 35.5. The van der Waals surface area contributed by atoms with E-state index in [0.29, 0.717) is 21.6 Å². The van der Waals surface area contributed by atoms with Crippen LogP contribution in [-0.2, 0) is 9.59 Å². The molecular formula is C22H16Cl2N2O3. The van der Waals surface area contributed by atoms with E-state index < -0.39 is 0 Å². The van der Waals surface area contributed by atoms with Crippen LogP contribution < -0.4 is 0 Å². The standard InChI is InChI=1S/C22H16Cl2N2O3/c23-15-5-1-11(9-16(15)24)17-6-2-12(29-17)10-25-26-20(27)18-13-3-4-14(19(18)21(26)28)22(13)7-8-22/h1-6,9-10,13-14,18-19H,7-8H2/b25-10-/t13-,14-,18-,19-/m1/s1. The summed E-state index contributed by atoms with van der Waals surface area (Å²) in [5.74, 6) is 0.563. The molecule has 1 aromatic heterocycles. The Morgan fingerprint density at radius 1 is 1.00 bits per heavy atom. The molecule has 0 N–H and O–H groups in total. The zero-order valence-electron chi connectivity index (χ0n) is 15.2. The number of rotatable bonds is 3. The number of carbonyl (C=O) groups is 2. The van der Waals surface area contributed by atoms with Gasteiger partial charge in [-0.15, -0.1) is 0 Å². The van der Waals surface area contributed by atoms with Crippen molar-refractivity contribution in [3.63, 3.8) is 0 Å². The van der Waals surface area contributed by atoms with E-state index in [1.165, 1.54) is 6.21 Å².